The van der Waals surface area contributed by atoms with Crippen LogP contribution in [0.2, 0.25) is 5.15 Å². The largest absolute Gasteiger partial charge is 0.355 e. The Hall–Kier alpha value is -0.830. The van der Waals surface area contributed by atoms with Crippen LogP contribution in [0.1, 0.15) is 12.8 Å². The second-order valence-electron chi connectivity index (χ2n) is 3.07. The van der Waals surface area contributed by atoms with Gasteiger partial charge in [-0.3, -0.25) is 0 Å². The summed E-state index contributed by atoms with van der Waals surface area (Å²) in [5.74, 6) is 0.928. The molecule has 1 fully saturated rings. The summed E-state index contributed by atoms with van der Waals surface area (Å²) in [6.45, 7) is 2.08. The van der Waals surface area contributed by atoms with Crippen LogP contribution in [0.3, 0.4) is 0 Å². The molecule has 0 bridgehead atoms. The third kappa shape index (κ3) is 2.10. The summed E-state index contributed by atoms with van der Waals surface area (Å²) >= 11 is 5.65. The molecule has 0 aliphatic carbocycles. The zero-order valence-corrected chi connectivity index (χ0v) is 8.04. The van der Waals surface area contributed by atoms with E-state index in [9.17, 15) is 0 Å². The number of hydrogen-bond acceptors (Lipinski definition) is 3. The topological polar surface area (TPSA) is 29.0 Å². The highest BCUT2D eigenvalue weighted by atomic mass is 35.5. The summed E-state index contributed by atoms with van der Waals surface area (Å²) in [5, 5.41) is 8.30. The fourth-order valence-electron chi connectivity index (χ4n) is 1.46. The second kappa shape index (κ2) is 3.92. The Bertz CT molecular complexity index is 267. The molecule has 0 spiro atoms. The van der Waals surface area contributed by atoms with Gasteiger partial charge in [-0.1, -0.05) is 11.6 Å². The molecule has 2 heterocycles. The van der Waals surface area contributed by atoms with Crippen LogP contribution in [0.25, 0.3) is 0 Å². The second-order valence-corrected chi connectivity index (χ2v) is 3.45. The van der Waals surface area contributed by atoms with Gasteiger partial charge in [-0.15, -0.1) is 10.2 Å². The molecule has 0 amide bonds. The maximum atomic E-state index is 5.65. The van der Waals surface area contributed by atoms with Gasteiger partial charge in [0.2, 0.25) is 0 Å². The molecule has 1 aliphatic heterocycles. The Morgan fingerprint density at radius 3 is 2.54 bits per heavy atom. The van der Waals surface area contributed by atoms with E-state index >= 15 is 0 Å². The Labute approximate surface area is 82.7 Å². The molecular formula is C9H11ClN3. The van der Waals surface area contributed by atoms with Crippen LogP contribution in [0.15, 0.2) is 12.1 Å². The van der Waals surface area contributed by atoms with Crippen LogP contribution >= 0.6 is 11.6 Å². The van der Waals surface area contributed by atoms with Crippen LogP contribution in [-0.2, 0) is 0 Å². The molecule has 3 nitrogen and oxygen atoms in total. The summed E-state index contributed by atoms with van der Waals surface area (Å²) in [6, 6.07) is 3.70. The van der Waals surface area contributed by atoms with E-state index in [-0.39, 0.29) is 0 Å². The quantitative estimate of drug-likeness (QED) is 0.688. The maximum Gasteiger partial charge on any atom is 0.151 e. The van der Waals surface area contributed by atoms with Crippen molar-refractivity contribution in [2.75, 3.05) is 18.0 Å². The Kier molecular flexibility index (Phi) is 2.64. The number of halogens is 1. The van der Waals surface area contributed by atoms with Gasteiger partial charge in [0.1, 0.15) is 0 Å². The van der Waals surface area contributed by atoms with Gasteiger partial charge in [0.25, 0.3) is 0 Å². The van der Waals surface area contributed by atoms with Crippen LogP contribution < -0.4 is 4.90 Å². The van der Waals surface area contributed by atoms with Gasteiger partial charge in [-0.25, -0.2) is 0 Å². The van der Waals surface area contributed by atoms with Crippen molar-refractivity contribution >= 4 is 17.4 Å². The third-order valence-electron chi connectivity index (χ3n) is 2.15. The van der Waals surface area contributed by atoms with Crippen LogP contribution in [-0.4, -0.2) is 23.3 Å². The van der Waals surface area contributed by atoms with Crippen molar-refractivity contribution in [2.45, 2.75) is 12.8 Å². The first-order chi connectivity index (χ1) is 6.36. The Balaban J connectivity index is 2.10. The summed E-state index contributed by atoms with van der Waals surface area (Å²) in [4.78, 5) is 2.23. The molecule has 1 aromatic heterocycles. The first-order valence-electron chi connectivity index (χ1n) is 4.42. The van der Waals surface area contributed by atoms with Crippen LogP contribution in [0.4, 0.5) is 5.82 Å². The van der Waals surface area contributed by atoms with Gasteiger partial charge in [0.15, 0.2) is 11.0 Å². The van der Waals surface area contributed by atoms with Gasteiger partial charge < -0.3 is 4.90 Å². The molecule has 69 valence electrons. The predicted octanol–water partition coefficient (Wildman–Crippen LogP) is 1.93. The fraction of sp³-hybridized carbons (Fsp3) is 0.444. The van der Waals surface area contributed by atoms with E-state index in [1.54, 1.807) is 6.07 Å². The number of hydrogen-bond donors (Lipinski definition) is 0. The molecule has 2 rings (SSSR count). The summed E-state index contributed by atoms with van der Waals surface area (Å²) in [5.41, 5.74) is 0. The first-order valence-corrected chi connectivity index (χ1v) is 4.80. The zero-order valence-electron chi connectivity index (χ0n) is 7.28. The first kappa shape index (κ1) is 8.75. The van der Waals surface area contributed by atoms with Gasteiger partial charge in [-0.05, 0) is 31.4 Å². The minimum Gasteiger partial charge on any atom is -0.355 e. The van der Waals surface area contributed by atoms with E-state index < -0.39 is 0 Å². The summed E-state index contributed by atoms with van der Waals surface area (Å²) in [6.07, 6.45) is 4.56. The monoisotopic (exact) mass is 196 g/mol. The van der Waals surface area contributed by atoms with Crippen LogP contribution in [0.5, 0.6) is 0 Å². The molecular weight excluding hydrogens is 186 g/mol. The van der Waals surface area contributed by atoms with E-state index in [2.05, 4.69) is 21.5 Å². The smallest absolute Gasteiger partial charge is 0.151 e. The third-order valence-corrected chi connectivity index (χ3v) is 2.35. The normalized spacial score (nSPS) is 17.5. The van der Waals surface area contributed by atoms with Gasteiger partial charge in [0.05, 0.1) is 0 Å². The maximum absolute atomic E-state index is 5.65. The molecule has 1 aromatic rings. The summed E-state index contributed by atoms with van der Waals surface area (Å²) < 4.78 is 0. The minimum absolute atomic E-state index is 0.451. The Morgan fingerprint density at radius 2 is 1.92 bits per heavy atom. The van der Waals surface area contributed by atoms with E-state index in [4.69, 9.17) is 11.6 Å². The van der Waals surface area contributed by atoms with E-state index in [1.807, 2.05) is 6.07 Å². The van der Waals surface area contributed by atoms with Crippen molar-refractivity contribution in [3.05, 3.63) is 23.7 Å². The van der Waals surface area contributed by atoms with Crippen molar-refractivity contribution in [1.29, 1.82) is 0 Å². The highest BCUT2D eigenvalue weighted by Crippen LogP contribution is 2.16. The van der Waals surface area contributed by atoms with Gasteiger partial charge in [0, 0.05) is 13.1 Å². The lowest BCUT2D eigenvalue weighted by atomic mass is 10.1. The van der Waals surface area contributed by atoms with Crippen molar-refractivity contribution < 1.29 is 0 Å². The zero-order chi connectivity index (χ0) is 9.10. The molecule has 0 saturated carbocycles. The average molecular weight is 197 g/mol. The van der Waals surface area contributed by atoms with Crippen molar-refractivity contribution in [3.63, 3.8) is 0 Å². The SMILES string of the molecule is Clc1ccc(N2CC[CH]CC2)nn1. The lowest BCUT2D eigenvalue weighted by molar-refractivity contribution is 0.666. The van der Waals surface area contributed by atoms with E-state index in [1.165, 1.54) is 0 Å². The average Bonchev–Trinajstić information content (AvgIpc) is 2.20. The molecule has 1 radical (unpaired) electrons. The number of aromatic nitrogens is 2. The number of rotatable bonds is 1. The highest BCUT2D eigenvalue weighted by molar-refractivity contribution is 6.29. The number of nitrogens with zero attached hydrogens (tertiary/aromatic N) is 3. The number of anilines is 1. The highest BCUT2D eigenvalue weighted by Gasteiger charge is 2.11. The van der Waals surface area contributed by atoms with Crippen LogP contribution in [0, 0.1) is 6.42 Å². The van der Waals surface area contributed by atoms with E-state index in [0.29, 0.717) is 5.15 Å². The lowest BCUT2D eigenvalue weighted by Gasteiger charge is -2.26. The van der Waals surface area contributed by atoms with Crippen molar-refractivity contribution in [2.24, 2.45) is 0 Å². The molecule has 0 aromatic carbocycles. The van der Waals surface area contributed by atoms with Crippen molar-refractivity contribution in [3.8, 4) is 0 Å². The standard InChI is InChI=1S/C9H11ClN3/c10-8-4-5-9(12-11-8)13-6-2-1-3-7-13/h1,4-5H,2-3,6-7H2. The number of piperidine rings is 1. The van der Waals surface area contributed by atoms with E-state index in [0.717, 1.165) is 31.7 Å². The molecule has 0 atom stereocenters. The van der Waals surface area contributed by atoms with Crippen molar-refractivity contribution in [1.82, 2.24) is 10.2 Å². The molecule has 4 heteroatoms. The predicted molar refractivity (Wildman–Crippen MR) is 52.8 cm³/mol. The minimum atomic E-state index is 0.451. The molecule has 1 aliphatic rings. The fourth-order valence-corrected chi connectivity index (χ4v) is 1.56. The molecule has 0 unspecified atom stereocenters. The molecule has 1 saturated heterocycles. The molecule has 13 heavy (non-hydrogen) atoms. The lowest BCUT2D eigenvalue weighted by Crippen LogP contribution is -2.30. The Morgan fingerprint density at radius 1 is 1.15 bits per heavy atom. The summed E-state index contributed by atoms with van der Waals surface area (Å²) in [7, 11) is 0. The molecule has 0 N–H and O–H groups in total. The van der Waals surface area contributed by atoms with Gasteiger partial charge in [-0.2, -0.15) is 0 Å². The van der Waals surface area contributed by atoms with Gasteiger partial charge >= 0.3 is 0 Å².